The Balaban J connectivity index is 2.10. The topological polar surface area (TPSA) is 20.2 Å². The second kappa shape index (κ2) is 6.80. The second-order valence-electron chi connectivity index (χ2n) is 4.25. The summed E-state index contributed by atoms with van der Waals surface area (Å²) in [7, 11) is 0. The van der Waals surface area contributed by atoms with E-state index in [4.69, 9.17) is 11.6 Å². The molecular weight excluding hydrogens is 344 g/mol. The van der Waals surface area contributed by atoms with Gasteiger partial charge in [-0.2, -0.15) is 0 Å². The fourth-order valence-electron chi connectivity index (χ4n) is 1.66. The highest BCUT2D eigenvalue weighted by Crippen LogP contribution is 2.33. The van der Waals surface area contributed by atoms with Crippen molar-refractivity contribution in [2.24, 2.45) is 0 Å². The number of aliphatic hydroxyl groups is 1. The number of benzene rings is 2. The minimum Gasteiger partial charge on any atom is -0.389 e. The summed E-state index contributed by atoms with van der Waals surface area (Å²) >= 11 is 11.4. The largest absolute Gasteiger partial charge is 0.389 e. The molecule has 0 heterocycles. The second-order valence-corrected chi connectivity index (χ2v) is 6.52. The third-order valence-corrected chi connectivity index (χ3v) is 5.19. The van der Waals surface area contributed by atoms with E-state index in [2.05, 4.69) is 15.9 Å². The first kappa shape index (κ1) is 14.9. The molecule has 19 heavy (non-hydrogen) atoms. The molecule has 1 N–H and O–H groups in total. The predicted octanol–water partition coefficient (Wildman–Crippen LogP) is 5.45. The highest BCUT2D eigenvalue weighted by molar-refractivity contribution is 9.10. The molecule has 0 spiro atoms. The SMILES string of the molecule is C[C@@H](O)c1ccc(SCc2ccccc2Cl)c(Br)c1. The number of aliphatic hydroxyl groups excluding tert-OH is 1. The lowest BCUT2D eigenvalue weighted by atomic mass is 10.1. The Labute approximate surface area is 131 Å². The van der Waals surface area contributed by atoms with E-state index in [9.17, 15) is 5.11 Å². The maximum atomic E-state index is 9.54. The van der Waals surface area contributed by atoms with Crippen molar-refractivity contribution >= 4 is 39.3 Å². The average Bonchev–Trinajstić information content (AvgIpc) is 2.39. The summed E-state index contributed by atoms with van der Waals surface area (Å²) in [5, 5.41) is 10.3. The molecule has 1 nitrogen and oxygen atoms in total. The zero-order chi connectivity index (χ0) is 13.8. The zero-order valence-electron chi connectivity index (χ0n) is 10.4. The Morgan fingerprint density at radius 3 is 2.63 bits per heavy atom. The van der Waals surface area contributed by atoms with E-state index in [1.807, 2.05) is 42.5 Å². The van der Waals surface area contributed by atoms with Gasteiger partial charge in [0, 0.05) is 20.1 Å². The van der Waals surface area contributed by atoms with Crippen LogP contribution in [0.1, 0.15) is 24.2 Å². The van der Waals surface area contributed by atoms with E-state index >= 15 is 0 Å². The molecule has 0 bridgehead atoms. The molecule has 0 aliphatic rings. The molecule has 1 atom stereocenters. The molecule has 0 aromatic heterocycles. The first-order valence-corrected chi connectivity index (χ1v) is 8.07. The van der Waals surface area contributed by atoms with Crippen molar-refractivity contribution in [3.05, 3.63) is 63.1 Å². The van der Waals surface area contributed by atoms with E-state index < -0.39 is 6.10 Å². The van der Waals surface area contributed by atoms with Gasteiger partial charge in [0.05, 0.1) is 6.10 Å². The van der Waals surface area contributed by atoms with Crippen molar-refractivity contribution in [1.82, 2.24) is 0 Å². The van der Waals surface area contributed by atoms with Gasteiger partial charge in [0.1, 0.15) is 0 Å². The Morgan fingerprint density at radius 2 is 2.00 bits per heavy atom. The van der Waals surface area contributed by atoms with Gasteiger partial charge in [-0.3, -0.25) is 0 Å². The van der Waals surface area contributed by atoms with Crippen molar-refractivity contribution < 1.29 is 5.11 Å². The van der Waals surface area contributed by atoms with Crippen LogP contribution in [0, 0.1) is 0 Å². The van der Waals surface area contributed by atoms with E-state index in [1.54, 1.807) is 18.7 Å². The van der Waals surface area contributed by atoms with Gasteiger partial charge in [-0.25, -0.2) is 0 Å². The number of hydrogen-bond donors (Lipinski definition) is 1. The van der Waals surface area contributed by atoms with E-state index in [-0.39, 0.29) is 0 Å². The normalized spacial score (nSPS) is 12.4. The van der Waals surface area contributed by atoms with Gasteiger partial charge < -0.3 is 5.11 Å². The number of hydrogen-bond acceptors (Lipinski definition) is 2. The highest BCUT2D eigenvalue weighted by Gasteiger charge is 2.07. The van der Waals surface area contributed by atoms with Crippen molar-refractivity contribution in [3.8, 4) is 0 Å². The third kappa shape index (κ3) is 3.99. The van der Waals surface area contributed by atoms with Gasteiger partial charge in [0.2, 0.25) is 0 Å². The Hall–Kier alpha value is -0.480. The molecular formula is C15H14BrClOS. The van der Waals surface area contributed by atoms with Gasteiger partial charge in [0.15, 0.2) is 0 Å². The molecule has 0 aliphatic carbocycles. The maximum absolute atomic E-state index is 9.54. The average molecular weight is 358 g/mol. The maximum Gasteiger partial charge on any atom is 0.0762 e. The number of thioether (sulfide) groups is 1. The van der Waals surface area contributed by atoms with Crippen LogP contribution in [0.2, 0.25) is 5.02 Å². The highest BCUT2D eigenvalue weighted by atomic mass is 79.9. The lowest BCUT2D eigenvalue weighted by Crippen LogP contribution is -1.91. The van der Waals surface area contributed by atoms with Crippen LogP contribution in [0.15, 0.2) is 51.8 Å². The number of rotatable bonds is 4. The van der Waals surface area contributed by atoms with Crippen LogP contribution in [0.5, 0.6) is 0 Å². The van der Waals surface area contributed by atoms with Gasteiger partial charge in [-0.1, -0.05) is 35.9 Å². The van der Waals surface area contributed by atoms with Gasteiger partial charge in [-0.15, -0.1) is 11.8 Å². The zero-order valence-corrected chi connectivity index (χ0v) is 13.6. The first-order chi connectivity index (χ1) is 9.08. The van der Waals surface area contributed by atoms with Crippen molar-refractivity contribution in [2.75, 3.05) is 0 Å². The minimum atomic E-state index is -0.445. The van der Waals surface area contributed by atoms with Gasteiger partial charge in [-0.05, 0) is 52.2 Å². The monoisotopic (exact) mass is 356 g/mol. The minimum absolute atomic E-state index is 0.445. The molecule has 2 aromatic rings. The van der Waals surface area contributed by atoms with E-state index in [0.717, 1.165) is 31.3 Å². The summed E-state index contributed by atoms with van der Waals surface area (Å²) in [6.45, 7) is 1.76. The van der Waals surface area contributed by atoms with Gasteiger partial charge in [0.25, 0.3) is 0 Å². The molecule has 0 fully saturated rings. The molecule has 0 saturated heterocycles. The molecule has 0 aliphatic heterocycles. The molecule has 0 unspecified atom stereocenters. The van der Waals surface area contributed by atoms with Crippen molar-refractivity contribution in [3.63, 3.8) is 0 Å². The standard InChI is InChI=1S/C15H14BrClOS/c1-10(18)11-6-7-15(13(16)8-11)19-9-12-4-2-3-5-14(12)17/h2-8,10,18H,9H2,1H3/t10-/m1/s1. The molecule has 2 rings (SSSR count). The summed E-state index contributed by atoms with van der Waals surface area (Å²) < 4.78 is 1.00. The molecule has 100 valence electrons. The lowest BCUT2D eigenvalue weighted by molar-refractivity contribution is 0.199. The van der Waals surface area contributed by atoms with Crippen LogP contribution in [-0.4, -0.2) is 5.11 Å². The fraction of sp³-hybridized carbons (Fsp3) is 0.200. The third-order valence-electron chi connectivity index (χ3n) is 2.78. The molecule has 0 amide bonds. The summed E-state index contributed by atoms with van der Waals surface area (Å²) in [5.41, 5.74) is 2.04. The molecule has 0 saturated carbocycles. The van der Waals surface area contributed by atoms with Crippen LogP contribution in [0.25, 0.3) is 0 Å². The van der Waals surface area contributed by atoms with Crippen LogP contribution in [0.4, 0.5) is 0 Å². The van der Waals surface area contributed by atoms with E-state index in [1.165, 1.54) is 0 Å². The fourth-order valence-corrected chi connectivity index (χ4v) is 3.61. The quantitative estimate of drug-likeness (QED) is 0.734. The van der Waals surface area contributed by atoms with Crippen LogP contribution in [-0.2, 0) is 5.75 Å². The molecule has 4 heteroatoms. The number of halogens is 2. The lowest BCUT2D eigenvalue weighted by Gasteiger charge is -2.09. The first-order valence-electron chi connectivity index (χ1n) is 5.91. The Bertz CT molecular complexity index is 572. The van der Waals surface area contributed by atoms with E-state index in [0.29, 0.717) is 0 Å². The summed E-state index contributed by atoms with van der Waals surface area (Å²) in [6, 6.07) is 13.8. The smallest absolute Gasteiger partial charge is 0.0762 e. The van der Waals surface area contributed by atoms with Gasteiger partial charge >= 0.3 is 0 Å². The van der Waals surface area contributed by atoms with Crippen molar-refractivity contribution in [2.45, 2.75) is 23.7 Å². The summed E-state index contributed by atoms with van der Waals surface area (Å²) in [6.07, 6.45) is -0.445. The Morgan fingerprint density at radius 1 is 1.26 bits per heavy atom. The Kier molecular flexibility index (Phi) is 5.34. The van der Waals surface area contributed by atoms with Crippen molar-refractivity contribution in [1.29, 1.82) is 0 Å². The van der Waals surface area contributed by atoms with Crippen LogP contribution >= 0.6 is 39.3 Å². The summed E-state index contributed by atoms with van der Waals surface area (Å²) in [4.78, 5) is 1.14. The molecule has 2 aromatic carbocycles. The van der Waals surface area contributed by atoms with Crippen LogP contribution < -0.4 is 0 Å². The summed E-state index contributed by atoms with van der Waals surface area (Å²) in [5.74, 6) is 0.826. The predicted molar refractivity (Wildman–Crippen MR) is 85.8 cm³/mol. The molecule has 0 radical (unpaired) electrons. The van der Waals surface area contributed by atoms with Crippen LogP contribution in [0.3, 0.4) is 0 Å².